The second kappa shape index (κ2) is 2.23. The number of nitrogens with zero attached hydrogens (tertiary/aromatic N) is 1. The molecule has 0 spiro atoms. The number of fused-ring (bicyclic) bond motifs is 1. The first-order valence-corrected chi connectivity index (χ1v) is 4.67. The van der Waals surface area contributed by atoms with Gasteiger partial charge in [0.2, 0.25) is 0 Å². The summed E-state index contributed by atoms with van der Waals surface area (Å²) in [6.07, 6.45) is 2.96. The highest BCUT2D eigenvalue weighted by atomic mass is 32.1. The largest absolute Gasteiger partial charge is 0.464 e. The number of likely N-dealkylation sites (N-methyl/N-ethyl adjacent to an activating group) is 1. The van der Waals surface area contributed by atoms with E-state index in [2.05, 4.69) is 24.3 Å². The van der Waals surface area contributed by atoms with Crippen molar-refractivity contribution in [2.75, 3.05) is 14.2 Å². The minimum Gasteiger partial charge on any atom is -0.464 e. The molecule has 2 atom stereocenters. The maximum atomic E-state index is 11.3. The molecule has 0 aromatic carbocycles. The van der Waals surface area contributed by atoms with Gasteiger partial charge in [-0.15, -0.1) is 0 Å². The molecule has 2 unspecified atom stereocenters. The zero-order chi connectivity index (χ0) is 9.85. The lowest BCUT2D eigenvalue weighted by atomic mass is 10.1. The highest BCUT2D eigenvalue weighted by Crippen LogP contribution is 2.67. The molecule has 0 aromatic heterocycles. The average molecular weight is 199 g/mol. The van der Waals surface area contributed by atoms with Crippen molar-refractivity contribution in [1.82, 2.24) is 4.90 Å². The van der Waals surface area contributed by atoms with Crippen LogP contribution in [0.2, 0.25) is 0 Å². The Kier molecular flexibility index (Phi) is 1.54. The fourth-order valence-corrected chi connectivity index (χ4v) is 2.54. The average Bonchev–Trinajstić information content (AvgIpc) is 2.58. The first-order chi connectivity index (χ1) is 5.94. The molecular formula is C9H13NO2S. The fourth-order valence-electron chi connectivity index (χ4n) is 2.03. The molecule has 0 radical (unpaired) electrons. The van der Waals surface area contributed by atoms with Crippen LogP contribution < -0.4 is 0 Å². The van der Waals surface area contributed by atoms with Crippen LogP contribution in [0.5, 0.6) is 0 Å². The van der Waals surface area contributed by atoms with Crippen LogP contribution >= 0.6 is 12.6 Å². The second-order valence-corrected chi connectivity index (χ2v) is 4.73. The Morgan fingerprint density at radius 1 is 1.77 bits per heavy atom. The number of hydrogen-bond donors (Lipinski definition) is 1. The number of rotatable bonds is 1. The number of thiol groups is 1. The molecule has 1 saturated carbocycles. The third kappa shape index (κ3) is 0.894. The molecular weight excluding hydrogens is 186 g/mol. The Labute approximate surface area is 83.1 Å². The van der Waals surface area contributed by atoms with Gasteiger partial charge >= 0.3 is 5.97 Å². The van der Waals surface area contributed by atoms with E-state index in [-0.39, 0.29) is 16.3 Å². The smallest absolute Gasteiger partial charge is 0.354 e. The molecule has 0 aromatic rings. The van der Waals surface area contributed by atoms with Gasteiger partial charge < -0.3 is 9.64 Å². The van der Waals surface area contributed by atoms with Crippen molar-refractivity contribution in [2.45, 2.75) is 18.2 Å². The molecule has 2 rings (SSSR count). The van der Waals surface area contributed by atoms with Crippen molar-refractivity contribution in [1.29, 1.82) is 0 Å². The van der Waals surface area contributed by atoms with E-state index in [0.717, 1.165) is 6.42 Å². The van der Waals surface area contributed by atoms with Crippen molar-refractivity contribution >= 4 is 18.6 Å². The van der Waals surface area contributed by atoms with Crippen molar-refractivity contribution < 1.29 is 9.53 Å². The Balaban J connectivity index is 2.30. The van der Waals surface area contributed by atoms with Crippen LogP contribution in [0, 0.1) is 5.41 Å². The van der Waals surface area contributed by atoms with Crippen LogP contribution in [0.15, 0.2) is 11.8 Å². The number of hydrogen-bond acceptors (Lipinski definition) is 4. The Morgan fingerprint density at radius 2 is 2.38 bits per heavy atom. The van der Waals surface area contributed by atoms with Gasteiger partial charge in [-0.25, -0.2) is 4.79 Å². The number of esters is 1. The minimum absolute atomic E-state index is 0.0500. The Hall–Kier alpha value is -0.640. The lowest BCUT2D eigenvalue weighted by molar-refractivity contribution is -0.137. The van der Waals surface area contributed by atoms with Gasteiger partial charge in [0.15, 0.2) is 0 Å². The second-order valence-electron chi connectivity index (χ2n) is 3.99. The van der Waals surface area contributed by atoms with Crippen LogP contribution in [-0.4, -0.2) is 29.9 Å². The third-order valence-corrected chi connectivity index (χ3v) is 4.14. The first kappa shape index (κ1) is 8.94. The van der Waals surface area contributed by atoms with Crippen molar-refractivity contribution in [3.05, 3.63) is 11.8 Å². The van der Waals surface area contributed by atoms with E-state index in [1.807, 2.05) is 18.0 Å². The maximum Gasteiger partial charge on any atom is 0.354 e. The molecule has 4 heteroatoms. The molecule has 0 amide bonds. The highest BCUT2D eigenvalue weighted by Gasteiger charge is 2.68. The van der Waals surface area contributed by atoms with Crippen LogP contribution in [0.25, 0.3) is 0 Å². The summed E-state index contributed by atoms with van der Waals surface area (Å²) < 4.78 is 4.68. The molecule has 1 heterocycles. The van der Waals surface area contributed by atoms with Gasteiger partial charge in [0.1, 0.15) is 5.70 Å². The molecule has 0 N–H and O–H groups in total. The van der Waals surface area contributed by atoms with Crippen LogP contribution in [-0.2, 0) is 9.53 Å². The van der Waals surface area contributed by atoms with Gasteiger partial charge in [-0.3, -0.25) is 0 Å². The van der Waals surface area contributed by atoms with Gasteiger partial charge in [0, 0.05) is 12.5 Å². The summed E-state index contributed by atoms with van der Waals surface area (Å²) in [7, 11) is 3.28. The summed E-state index contributed by atoms with van der Waals surface area (Å²) in [5.74, 6) is -0.274. The predicted molar refractivity (Wildman–Crippen MR) is 52.3 cm³/mol. The summed E-state index contributed by atoms with van der Waals surface area (Å²) >= 11 is 4.56. The number of ether oxygens (including phenoxy) is 1. The van der Waals surface area contributed by atoms with Crippen molar-refractivity contribution in [3.8, 4) is 0 Å². The van der Waals surface area contributed by atoms with Crippen molar-refractivity contribution in [3.63, 3.8) is 0 Å². The molecule has 3 nitrogen and oxygen atoms in total. The van der Waals surface area contributed by atoms with Crippen LogP contribution in [0.4, 0.5) is 0 Å². The van der Waals surface area contributed by atoms with E-state index in [4.69, 9.17) is 0 Å². The molecule has 1 aliphatic carbocycles. The lowest BCUT2D eigenvalue weighted by Gasteiger charge is -2.23. The van der Waals surface area contributed by atoms with E-state index >= 15 is 0 Å². The van der Waals surface area contributed by atoms with Gasteiger partial charge in [0.05, 0.1) is 12.0 Å². The van der Waals surface area contributed by atoms with E-state index < -0.39 is 0 Å². The van der Waals surface area contributed by atoms with E-state index in [1.54, 1.807) is 0 Å². The molecule has 0 bridgehead atoms. The SMILES string of the molecule is COC(=O)C1=CC2(C)CC2(S)N1C. The maximum absolute atomic E-state index is 11.3. The standard InChI is InChI=1S/C9H13NO2S/c1-8-4-6(7(11)12-3)10(2)9(8,13)5-8/h4,13H,5H2,1-3H3. The first-order valence-electron chi connectivity index (χ1n) is 4.22. The number of carbonyl (C=O) groups is 1. The quantitative estimate of drug-likeness (QED) is 0.505. The third-order valence-electron chi connectivity index (χ3n) is 3.17. The van der Waals surface area contributed by atoms with E-state index in [1.165, 1.54) is 7.11 Å². The molecule has 2 aliphatic rings. The fraction of sp³-hybridized carbons (Fsp3) is 0.667. The topological polar surface area (TPSA) is 29.5 Å². The normalized spacial score (nSPS) is 41.2. The number of carbonyl (C=O) groups excluding carboxylic acids is 1. The minimum atomic E-state index is -0.274. The predicted octanol–water partition coefficient (Wildman–Crippen LogP) is 1.02. The summed E-state index contributed by atoms with van der Waals surface area (Å²) in [6.45, 7) is 2.10. The molecule has 72 valence electrons. The summed E-state index contributed by atoms with van der Waals surface area (Å²) in [6, 6.07) is 0. The molecule has 1 fully saturated rings. The monoisotopic (exact) mass is 199 g/mol. The molecule has 1 aliphatic heterocycles. The highest BCUT2D eigenvalue weighted by molar-refractivity contribution is 7.82. The molecule has 13 heavy (non-hydrogen) atoms. The van der Waals surface area contributed by atoms with Crippen LogP contribution in [0.1, 0.15) is 13.3 Å². The Bertz CT molecular complexity index is 315. The Morgan fingerprint density at radius 3 is 2.77 bits per heavy atom. The van der Waals surface area contributed by atoms with Crippen LogP contribution in [0.3, 0.4) is 0 Å². The zero-order valence-electron chi connectivity index (χ0n) is 8.00. The summed E-state index contributed by atoms with van der Waals surface area (Å²) in [4.78, 5) is 13.1. The number of methoxy groups -OCH3 is 1. The van der Waals surface area contributed by atoms with Gasteiger partial charge in [-0.05, 0) is 12.5 Å². The van der Waals surface area contributed by atoms with Gasteiger partial charge in [0.25, 0.3) is 0 Å². The van der Waals surface area contributed by atoms with E-state index in [0.29, 0.717) is 5.70 Å². The molecule has 0 saturated heterocycles. The van der Waals surface area contributed by atoms with Gasteiger partial charge in [-0.2, -0.15) is 12.6 Å². The summed E-state index contributed by atoms with van der Waals surface area (Å²) in [5.41, 5.74) is 0.681. The van der Waals surface area contributed by atoms with Crippen molar-refractivity contribution in [2.24, 2.45) is 5.41 Å². The van der Waals surface area contributed by atoms with E-state index in [9.17, 15) is 4.79 Å². The summed E-state index contributed by atoms with van der Waals surface area (Å²) in [5, 5.41) is 0. The van der Waals surface area contributed by atoms with Gasteiger partial charge in [-0.1, -0.05) is 6.92 Å². The zero-order valence-corrected chi connectivity index (χ0v) is 8.89. The lowest BCUT2D eigenvalue weighted by Crippen LogP contribution is -2.30.